The zero-order valence-corrected chi connectivity index (χ0v) is 8.66. The monoisotopic (exact) mass is 209 g/mol. The van der Waals surface area contributed by atoms with Crippen molar-refractivity contribution in [3.8, 4) is 5.75 Å². The average molecular weight is 209 g/mol. The third kappa shape index (κ3) is 2.87. The number of hydrogen-bond acceptors (Lipinski definition) is 3. The number of benzene rings is 1. The maximum Gasteiger partial charge on any atom is 0.339 e. The molecule has 0 spiro atoms. The van der Waals surface area contributed by atoms with Crippen LogP contribution in [0.5, 0.6) is 5.75 Å². The predicted molar refractivity (Wildman–Crippen MR) is 58.5 cm³/mol. The number of para-hydroxylation sites is 1. The summed E-state index contributed by atoms with van der Waals surface area (Å²) in [4.78, 5) is 10.7. The molecule has 0 radical (unpaired) electrons. The van der Waals surface area contributed by atoms with Gasteiger partial charge in [-0.2, -0.15) is 0 Å². The molecular formula is C11H15NO3. The Morgan fingerprint density at radius 1 is 1.47 bits per heavy atom. The molecule has 0 heterocycles. The van der Waals surface area contributed by atoms with E-state index in [2.05, 4.69) is 12.2 Å². The average Bonchev–Trinajstić information content (AvgIpc) is 2.20. The van der Waals surface area contributed by atoms with Gasteiger partial charge in [0.15, 0.2) is 5.75 Å². The topological polar surface area (TPSA) is 69.6 Å². The van der Waals surface area contributed by atoms with Crippen LogP contribution in [0.1, 0.15) is 30.1 Å². The molecule has 0 aromatic heterocycles. The Hall–Kier alpha value is -1.71. The highest BCUT2D eigenvalue weighted by atomic mass is 16.4. The first-order valence-electron chi connectivity index (χ1n) is 4.96. The molecule has 0 saturated heterocycles. The Morgan fingerprint density at radius 3 is 2.80 bits per heavy atom. The minimum atomic E-state index is -1.12. The van der Waals surface area contributed by atoms with E-state index in [1.165, 1.54) is 6.07 Å². The van der Waals surface area contributed by atoms with Crippen molar-refractivity contribution in [1.82, 2.24) is 0 Å². The summed E-state index contributed by atoms with van der Waals surface area (Å²) in [5.74, 6) is -1.31. The van der Waals surface area contributed by atoms with Crippen molar-refractivity contribution in [1.29, 1.82) is 0 Å². The summed E-state index contributed by atoms with van der Waals surface area (Å²) in [6.45, 7) is 2.79. The van der Waals surface area contributed by atoms with Crippen molar-refractivity contribution in [3.05, 3.63) is 23.8 Å². The van der Waals surface area contributed by atoms with Gasteiger partial charge in [0, 0.05) is 6.54 Å². The fraction of sp³-hybridized carbons (Fsp3) is 0.364. The first-order chi connectivity index (χ1) is 7.16. The number of phenols is 1. The first-order valence-corrected chi connectivity index (χ1v) is 4.96. The van der Waals surface area contributed by atoms with Crippen molar-refractivity contribution in [2.75, 3.05) is 11.9 Å². The van der Waals surface area contributed by atoms with Crippen molar-refractivity contribution in [2.24, 2.45) is 0 Å². The molecule has 0 amide bonds. The number of hydrogen-bond donors (Lipinski definition) is 3. The minimum Gasteiger partial charge on any atom is -0.505 e. The van der Waals surface area contributed by atoms with Crippen LogP contribution in [0.25, 0.3) is 0 Å². The zero-order valence-electron chi connectivity index (χ0n) is 8.66. The molecule has 0 atom stereocenters. The van der Waals surface area contributed by atoms with Crippen LogP contribution in [0, 0.1) is 0 Å². The second-order valence-corrected chi connectivity index (χ2v) is 3.29. The highest BCUT2D eigenvalue weighted by molar-refractivity contribution is 5.93. The number of aromatic hydroxyl groups is 1. The van der Waals surface area contributed by atoms with E-state index in [1.807, 2.05) is 0 Å². The lowest BCUT2D eigenvalue weighted by Gasteiger charge is -2.09. The van der Waals surface area contributed by atoms with Crippen LogP contribution in [0.2, 0.25) is 0 Å². The molecule has 82 valence electrons. The third-order valence-corrected chi connectivity index (χ3v) is 2.11. The predicted octanol–water partition coefficient (Wildman–Crippen LogP) is 2.30. The number of unbranched alkanes of at least 4 members (excludes halogenated alkanes) is 1. The van der Waals surface area contributed by atoms with Crippen molar-refractivity contribution >= 4 is 11.7 Å². The molecular weight excluding hydrogens is 194 g/mol. The van der Waals surface area contributed by atoms with Crippen LogP contribution in [-0.4, -0.2) is 22.7 Å². The summed E-state index contributed by atoms with van der Waals surface area (Å²) in [5, 5.41) is 21.4. The Balaban J connectivity index is 2.80. The molecule has 3 N–H and O–H groups in total. The number of carbonyl (C=O) groups is 1. The molecule has 15 heavy (non-hydrogen) atoms. The van der Waals surface area contributed by atoms with Crippen molar-refractivity contribution < 1.29 is 15.0 Å². The van der Waals surface area contributed by atoms with E-state index in [0.29, 0.717) is 5.69 Å². The maximum absolute atomic E-state index is 10.7. The lowest BCUT2D eigenvalue weighted by Crippen LogP contribution is -2.04. The van der Waals surface area contributed by atoms with E-state index in [4.69, 9.17) is 5.11 Å². The fourth-order valence-corrected chi connectivity index (χ4v) is 1.26. The van der Waals surface area contributed by atoms with Crippen LogP contribution < -0.4 is 5.32 Å². The summed E-state index contributed by atoms with van der Waals surface area (Å²) in [7, 11) is 0. The van der Waals surface area contributed by atoms with Crippen LogP contribution in [0.4, 0.5) is 5.69 Å². The number of aromatic carboxylic acids is 1. The number of nitrogens with one attached hydrogen (secondary N) is 1. The molecule has 4 nitrogen and oxygen atoms in total. The van der Waals surface area contributed by atoms with E-state index in [0.717, 1.165) is 19.4 Å². The van der Waals surface area contributed by atoms with Crippen LogP contribution in [0.15, 0.2) is 18.2 Å². The molecule has 0 aliphatic rings. The van der Waals surface area contributed by atoms with Gasteiger partial charge in [-0.15, -0.1) is 0 Å². The van der Waals surface area contributed by atoms with Gasteiger partial charge in [-0.05, 0) is 18.6 Å². The van der Waals surface area contributed by atoms with E-state index in [9.17, 15) is 9.90 Å². The Kier molecular flexibility index (Phi) is 3.97. The maximum atomic E-state index is 10.7. The van der Waals surface area contributed by atoms with Gasteiger partial charge >= 0.3 is 5.97 Å². The summed E-state index contributed by atoms with van der Waals surface area (Å²) in [6.07, 6.45) is 2.03. The number of carboxylic acids is 1. The lowest BCUT2D eigenvalue weighted by atomic mass is 10.1. The van der Waals surface area contributed by atoms with Crippen LogP contribution in [0.3, 0.4) is 0 Å². The fourth-order valence-electron chi connectivity index (χ4n) is 1.26. The van der Waals surface area contributed by atoms with E-state index in [1.54, 1.807) is 12.1 Å². The molecule has 0 aliphatic heterocycles. The first kappa shape index (κ1) is 11.4. The van der Waals surface area contributed by atoms with E-state index in [-0.39, 0.29) is 11.3 Å². The van der Waals surface area contributed by atoms with E-state index >= 15 is 0 Å². The largest absolute Gasteiger partial charge is 0.505 e. The zero-order chi connectivity index (χ0) is 11.3. The Bertz CT molecular complexity index is 350. The molecule has 0 saturated carbocycles. The number of carboxylic acid groups (broad SMARTS) is 1. The van der Waals surface area contributed by atoms with Crippen molar-refractivity contribution in [3.63, 3.8) is 0 Å². The van der Waals surface area contributed by atoms with Crippen molar-refractivity contribution in [2.45, 2.75) is 19.8 Å². The SMILES string of the molecule is CCCCNc1cccc(C(=O)O)c1O. The smallest absolute Gasteiger partial charge is 0.339 e. The molecule has 0 aliphatic carbocycles. The van der Waals surface area contributed by atoms with Gasteiger partial charge in [0.1, 0.15) is 5.56 Å². The third-order valence-electron chi connectivity index (χ3n) is 2.11. The molecule has 1 aromatic rings. The van der Waals surface area contributed by atoms with E-state index < -0.39 is 5.97 Å². The Labute approximate surface area is 88.6 Å². The highest BCUT2D eigenvalue weighted by Gasteiger charge is 2.11. The van der Waals surface area contributed by atoms with Gasteiger partial charge < -0.3 is 15.5 Å². The molecule has 0 fully saturated rings. The standard InChI is InChI=1S/C11H15NO3/c1-2-3-7-12-9-6-4-5-8(10(9)13)11(14)15/h4-6,12-13H,2-3,7H2,1H3,(H,14,15). The molecule has 4 heteroatoms. The normalized spacial score (nSPS) is 9.93. The van der Waals surface area contributed by atoms with Gasteiger partial charge in [0.2, 0.25) is 0 Å². The van der Waals surface area contributed by atoms with Crippen LogP contribution >= 0.6 is 0 Å². The summed E-state index contributed by atoms with van der Waals surface area (Å²) in [6, 6.07) is 4.65. The molecule has 1 aromatic carbocycles. The van der Waals surface area contributed by atoms with Gasteiger partial charge in [-0.3, -0.25) is 0 Å². The summed E-state index contributed by atoms with van der Waals surface area (Å²) < 4.78 is 0. The second-order valence-electron chi connectivity index (χ2n) is 3.29. The van der Waals surface area contributed by atoms with Gasteiger partial charge in [0.05, 0.1) is 5.69 Å². The molecule has 1 rings (SSSR count). The summed E-state index contributed by atoms with van der Waals surface area (Å²) in [5.41, 5.74) is 0.403. The molecule has 0 bridgehead atoms. The highest BCUT2D eigenvalue weighted by Crippen LogP contribution is 2.27. The number of rotatable bonds is 5. The minimum absolute atomic E-state index is 0.0727. The van der Waals surface area contributed by atoms with Gasteiger partial charge in [-0.25, -0.2) is 4.79 Å². The summed E-state index contributed by atoms with van der Waals surface area (Å²) >= 11 is 0. The quantitative estimate of drug-likeness (QED) is 0.514. The van der Waals surface area contributed by atoms with Gasteiger partial charge in [-0.1, -0.05) is 19.4 Å². The number of anilines is 1. The van der Waals surface area contributed by atoms with Crippen LogP contribution in [-0.2, 0) is 0 Å². The second kappa shape index (κ2) is 5.24. The van der Waals surface area contributed by atoms with Gasteiger partial charge in [0.25, 0.3) is 0 Å². The molecule has 0 unspecified atom stereocenters. The lowest BCUT2D eigenvalue weighted by molar-refractivity contribution is 0.0694. The Morgan fingerprint density at radius 2 is 2.20 bits per heavy atom.